The molecule has 2 aliphatic heterocycles. The molecule has 0 aromatic carbocycles. The maximum Gasteiger partial charge on any atom is 0.308 e. The second kappa shape index (κ2) is 7.73. The Bertz CT molecular complexity index is 466. The minimum Gasteiger partial charge on any atom is -0.481 e. The van der Waals surface area contributed by atoms with Crippen LogP contribution in [0.2, 0.25) is 0 Å². The summed E-state index contributed by atoms with van der Waals surface area (Å²) in [5.41, 5.74) is 6.17. The van der Waals surface area contributed by atoms with Gasteiger partial charge in [-0.1, -0.05) is 0 Å². The lowest BCUT2D eigenvalue weighted by Crippen LogP contribution is -2.62. The van der Waals surface area contributed by atoms with Crippen LogP contribution in [0.3, 0.4) is 0 Å². The SMILES string of the molecule is O=C(NC1CC(F)CCC1C(=O)O)C1CCC(N2CCNC2)NN1. The summed E-state index contributed by atoms with van der Waals surface area (Å²) in [5.74, 6) is -1.93. The number of nitrogens with zero attached hydrogens (tertiary/aromatic N) is 1. The number of carboxylic acids is 1. The number of aliphatic carboxylic acids is 1. The summed E-state index contributed by atoms with van der Waals surface area (Å²) in [5, 5.41) is 15.3. The molecule has 8 nitrogen and oxygen atoms in total. The number of carbonyl (C=O) groups excluding carboxylic acids is 1. The zero-order chi connectivity index (χ0) is 17.1. The van der Waals surface area contributed by atoms with Gasteiger partial charge in [-0.25, -0.2) is 15.2 Å². The highest BCUT2D eigenvalue weighted by Crippen LogP contribution is 2.27. The molecule has 5 N–H and O–H groups in total. The number of nitrogens with one attached hydrogen (secondary N) is 4. The van der Waals surface area contributed by atoms with E-state index in [1.165, 1.54) is 0 Å². The molecule has 3 aliphatic rings. The molecule has 9 heteroatoms. The molecule has 2 heterocycles. The Labute approximate surface area is 140 Å². The van der Waals surface area contributed by atoms with Crippen LogP contribution in [0.15, 0.2) is 0 Å². The Morgan fingerprint density at radius 2 is 2.00 bits per heavy atom. The minimum atomic E-state index is -1.05. The fourth-order valence-electron chi connectivity index (χ4n) is 3.78. The smallest absolute Gasteiger partial charge is 0.308 e. The van der Waals surface area contributed by atoms with Crippen LogP contribution in [-0.4, -0.2) is 66.1 Å². The van der Waals surface area contributed by atoms with Crippen LogP contribution < -0.4 is 21.5 Å². The molecule has 136 valence electrons. The molecule has 1 aliphatic carbocycles. The van der Waals surface area contributed by atoms with Gasteiger partial charge in [-0.2, -0.15) is 0 Å². The van der Waals surface area contributed by atoms with E-state index in [9.17, 15) is 19.1 Å². The normalized spacial score (nSPS) is 38.0. The van der Waals surface area contributed by atoms with Crippen molar-refractivity contribution in [2.24, 2.45) is 5.92 Å². The van der Waals surface area contributed by atoms with Gasteiger partial charge in [-0.15, -0.1) is 0 Å². The van der Waals surface area contributed by atoms with Crippen LogP contribution in [-0.2, 0) is 9.59 Å². The van der Waals surface area contributed by atoms with E-state index in [0.29, 0.717) is 6.42 Å². The van der Waals surface area contributed by atoms with Gasteiger partial charge in [-0.3, -0.25) is 14.5 Å². The second-order valence-corrected chi connectivity index (χ2v) is 6.88. The number of hydrogen-bond acceptors (Lipinski definition) is 6. The van der Waals surface area contributed by atoms with E-state index < -0.39 is 30.1 Å². The lowest BCUT2D eigenvalue weighted by atomic mass is 9.83. The highest BCUT2D eigenvalue weighted by Gasteiger charge is 2.38. The Balaban J connectivity index is 1.50. The molecule has 3 rings (SSSR count). The van der Waals surface area contributed by atoms with Crippen LogP contribution in [0.25, 0.3) is 0 Å². The summed E-state index contributed by atoms with van der Waals surface area (Å²) in [4.78, 5) is 26.0. The van der Waals surface area contributed by atoms with E-state index in [2.05, 4.69) is 26.4 Å². The molecule has 0 aromatic heterocycles. The van der Waals surface area contributed by atoms with Crippen LogP contribution >= 0.6 is 0 Å². The summed E-state index contributed by atoms with van der Waals surface area (Å²) in [7, 11) is 0. The maximum absolute atomic E-state index is 13.6. The lowest BCUT2D eigenvalue weighted by Gasteiger charge is -2.37. The molecule has 1 saturated carbocycles. The second-order valence-electron chi connectivity index (χ2n) is 6.88. The van der Waals surface area contributed by atoms with E-state index in [1.54, 1.807) is 0 Å². The first-order valence-corrected chi connectivity index (χ1v) is 8.67. The van der Waals surface area contributed by atoms with Gasteiger partial charge >= 0.3 is 5.97 Å². The largest absolute Gasteiger partial charge is 0.481 e. The highest BCUT2D eigenvalue weighted by atomic mass is 19.1. The van der Waals surface area contributed by atoms with Crippen molar-refractivity contribution in [1.29, 1.82) is 0 Å². The van der Waals surface area contributed by atoms with Gasteiger partial charge in [-0.05, 0) is 32.1 Å². The zero-order valence-corrected chi connectivity index (χ0v) is 13.6. The molecule has 5 atom stereocenters. The first-order valence-electron chi connectivity index (χ1n) is 8.67. The summed E-state index contributed by atoms with van der Waals surface area (Å²) in [6, 6.07) is -1.06. The summed E-state index contributed by atoms with van der Waals surface area (Å²) in [6.45, 7) is 2.76. The summed E-state index contributed by atoms with van der Waals surface area (Å²) >= 11 is 0. The van der Waals surface area contributed by atoms with Gasteiger partial charge in [0, 0.05) is 25.8 Å². The van der Waals surface area contributed by atoms with Gasteiger partial charge in [0.15, 0.2) is 0 Å². The Morgan fingerprint density at radius 1 is 1.17 bits per heavy atom. The Hall–Kier alpha value is -1.29. The summed E-state index contributed by atoms with van der Waals surface area (Å²) in [6.07, 6.45) is 1.20. The fourth-order valence-corrected chi connectivity index (χ4v) is 3.78. The molecule has 0 aromatic rings. The van der Waals surface area contributed by atoms with Crippen molar-refractivity contribution in [3.05, 3.63) is 0 Å². The van der Waals surface area contributed by atoms with E-state index >= 15 is 0 Å². The maximum atomic E-state index is 13.6. The first-order chi connectivity index (χ1) is 11.5. The van der Waals surface area contributed by atoms with Gasteiger partial charge < -0.3 is 15.7 Å². The first kappa shape index (κ1) is 17.5. The van der Waals surface area contributed by atoms with Gasteiger partial charge in [0.25, 0.3) is 0 Å². The van der Waals surface area contributed by atoms with Gasteiger partial charge in [0.2, 0.25) is 5.91 Å². The lowest BCUT2D eigenvalue weighted by molar-refractivity contribution is -0.144. The van der Waals surface area contributed by atoms with Crippen LogP contribution in [0.4, 0.5) is 4.39 Å². The molecule has 24 heavy (non-hydrogen) atoms. The number of rotatable bonds is 4. The molecule has 0 radical (unpaired) electrons. The van der Waals surface area contributed by atoms with Crippen molar-refractivity contribution < 1.29 is 19.1 Å². The average Bonchev–Trinajstić information content (AvgIpc) is 3.09. The Morgan fingerprint density at radius 3 is 2.62 bits per heavy atom. The van der Waals surface area contributed by atoms with Crippen molar-refractivity contribution in [3.8, 4) is 0 Å². The van der Waals surface area contributed by atoms with Crippen molar-refractivity contribution in [3.63, 3.8) is 0 Å². The fraction of sp³-hybridized carbons (Fsp3) is 0.867. The molecule has 3 fully saturated rings. The average molecular weight is 343 g/mol. The van der Waals surface area contributed by atoms with E-state index in [1.807, 2.05) is 0 Å². The molecule has 1 amide bonds. The molecule has 0 bridgehead atoms. The quantitative estimate of drug-likeness (QED) is 0.452. The molecule has 0 spiro atoms. The Kier molecular flexibility index (Phi) is 5.65. The number of halogens is 1. The highest BCUT2D eigenvalue weighted by molar-refractivity contribution is 5.83. The van der Waals surface area contributed by atoms with Crippen LogP contribution in [0.1, 0.15) is 32.1 Å². The standard InChI is InChI=1S/C15H26FN5O3/c16-9-1-2-10(15(23)24)12(7-9)18-14(22)11-3-4-13(20-19-11)21-6-5-17-8-21/h9-13,17,19-20H,1-8H2,(H,18,22)(H,23,24). The third-order valence-corrected chi connectivity index (χ3v) is 5.23. The van der Waals surface area contributed by atoms with Crippen LogP contribution in [0, 0.1) is 5.92 Å². The van der Waals surface area contributed by atoms with E-state index in [0.717, 1.165) is 26.2 Å². The molecule has 5 unspecified atom stereocenters. The topological polar surface area (TPSA) is 106 Å². The molecular weight excluding hydrogens is 317 g/mol. The van der Waals surface area contributed by atoms with Gasteiger partial charge in [0.05, 0.1) is 12.1 Å². The molecule has 2 saturated heterocycles. The van der Waals surface area contributed by atoms with Crippen LogP contribution in [0.5, 0.6) is 0 Å². The van der Waals surface area contributed by atoms with Crippen molar-refractivity contribution in [2.75, 3.05) is 19.8 Å². The number of amides is 1. The third kappa shape index (κ3) is 4.02. The third-order valence-electron chi connectivity index (χ3n) is 5.23. The number of carbonyl (C=O) groups is 2. The van der Waals surface area contributed by atoms with Crippen molar-refractivity contribution in [1.82, 2.24) is 26.4 Å². The minimum absolute atomic E-state index is 0.0743. The number of alkyl halides is 1. The predicted octanol–water partition coefficient (Wildman–Crippen LogP) is -0.861. The number of carboxylic acid groups (broad SMARTS) is 1. The van der Waals surface area contributed by atoms with E-state index in [-0.39, 0.29) is 31.3 Å². The van der Waals surface area contributed by atoms with Gasteiger partial charge in [0.1, 0.15) is 12.2 Å². The molecular formula is C15H26FN5O3. The van der Waals surface area contributed by atoms with E-state index in [4.69, 9.17) is 0 Å². The predicted molar refractivity (Wildman–Crippen MR) is 84.5 cm³/mol. The summed E-state index contributed by atoms with van der Waals surface area (Å²) < 4.78 is 13.6. The zero-order valence-electron chi connectivity index (χ0n) is 13.6. The van der Waals surface area contributed by atoms with Crippen molar-refractivity contribution in [2.45, 2.75) is 56.5 Å². The monoisotopic (exact) mass is 343 g/mol. The van der Waals surface area contributed by atoms with Crippen molar-refractivity contribution >= 4 is 11.9 Å². The number of hydrogen-bond donors (Lipinski definition) is 5. The number of hydrazine groups is 1.